The summed E-state index contributed by atoms with van der Waals surface area (Å²) in [6, 6.07) is 13.8. The van der Waals surface area contributed by atoms with E-state index in [4.69, 9.17) is 0 Å². The van der Waals surface area contributed by atoms with E-state index in [0.717, 1.165) is 36.9 Å². The Morgan fingerprint density at radius 3 is 2.83 bits per heavy atom. The molecule has 1 aliphatic heterocycles. The molecule has 0 bridgehead atoms. The van der Waals surface area contributed by atoms with E-state index in [9.17, 15) is 9.59 Å². The Kier molecular flexibility index (Phi) is 6.03. The van der Waals surface area contributed by atoms with E-state index >= 15 is 0 Å². The van der Waals surface area contributed by atoms with Gasteiger partial charge >= 0.3 is 0 Å². The summed E-state index contributed by atoms with van der Waals surface area (Å²) in [5.41, 5.74) is 2.14. The Labute approximate surface area is 171 Å². The molecule has 1 saturated heterocycles. The number of carbonyl (C=O) groups is 2. The summed E-state index contributed by atoms with van der Waals surface area (Å²) in [6.07, 6.45) is 9.83. The van der Waals surface area contributed by atoms with Crippen LogP contribution in [0.2, 0.25) is 0 Å². The van der Waals surface area contributed by atoms with Crippen LogP contribution in [0.4, 0.5) is 0 Å². The molecule has 2 aliphatic rings. The highest BCUT2D eigenvalue weighted by molar-refractivity contribution is 5.92. The number of pyridine rings is 1. The van der Waals surface area contributed by atoms with Gasteiger partial charge in [-0.25, -0.2) is 0 Å². The van der Waals surface area contributed by atoms with Crippen molar-refractivity contribution in [3.05, 3.63) is 72.1 Å². The molecule has 1 saturated carbocycles. The van der Waals surface area contributed by atoms with Gasteiger partial charge in [0.05, 0.1) is 0 Å². The van der Waals surface area contributed by atoms with Gasteiger partial charge < -0.3 is 10.2 Å². The molecule has 2 amide bonds. The Hall–Kier alpha value is -2.95. The highest BCUT2D eigenvalue weighted by Crippen LogP contribution is 2.45. The number of hydrogen-bond acceptors (Lipinski definition) is 3. The van der Waals surface area contributed by atoms with E-state index in [1.807, 2.05) is 59.6 Å². The van der Waals surface area contributed by atoms with Gasteiger partial charge in [-0.15, -0.1) is 0 Å². The summed E-state index contributed by atoms with van der Waals surface area (Å²) in [6.45, 7) is 2.10. The molecule has 1 aromatic carbocycles. The third-order valence-electron chi connectivity index (χ3n) is 6.18. The molecule has 1 aromatic heterocycles. The van der Waals surface area contributed by atoms with Crippen LogP contribution < -0.4 is 5.32 Å². The fraction of sp³-hybridized carbons (Fsp3) is 0.375. The van der Waals surface area contributed by atoms with Crippen LogP contribution in [0.1, 0.15) is 24.0 Å². The van der Waals surface area contributed by atoms with Gasteiger partial charge in [-0.05, 0) is 54.4 Å². The normalized spacial score (nSPS) is 23.3. The quantitative estimate of drug-likeness (QED) is 0.773. The van der Waals surface area contributed by atoms with Crippen molar-refractivity contribution < 1.29 is 9.59 Å². The van der Waals surface area contributed by atoms with Gasteiger partial charge in [0.15, 0.2) is 0 Å². The molecule has 2 aromatic rings. The van der Waals surface area contributed by atoms with Crippen LogP contribution in [0.25, 0.3) is 6.08 Å². The van der Waals surface area contributed by atoms with Crippen molar-refractivity contribution in [1.82, 2.24) is 15.2 Å². The molecule has 4 rings (SSSR count). The highest BCUT2D eigenvalue weighted by atomic mass is 16.2. The fourth-order valence-corrected chi connectivity index (χ4v) is 4.43. The molecule has 0 spiro atoms. The van der Waals surface area contributed by atoms with Gasteiger partial charge in [0.1, 0.15) is 0 Å². The van der Waals surface area contributed by atoms with Crippen LogP contribution in [0.5, 0.6) is 0 Å². The van der Waals surface area contributed by atoms with E-state index in [2.05, 4.69) is 10.3 Å². The number of amides is 2. The van der Waals surface area contributed by atoms with Gasteiger partial charge in [-0.3, -0.25) is 14.6 Å². The number of piperidine rings is 1. The van der Waals surface area contributed by atoms with Gasteiger partial charge in [0, 0.05) is 44.0 Å². The van der Waals surface area contributed by atoms with Gasteiger partial charge in [0.25, 0.3) is 0 Å². The number of carbonyl (C=O) groups excluding carboxylic acids is 2. The zero-order chi connectivity index (χ0) is 20.1. The first kappa shape index (κ1) is 19.4. The number of benzene rings is 1. The maximum absolute atomic E-state index is 12.6. The molecule has 1 aliphatic carbocycles. The number of nitrogens with one attached hydrogen (secondary N) is 1. The monoisotopic (exact) mass is 389 g/mol. The summed E-state index contributed by atoms with van der Waals surface area (Å²) in [5.74, 6) is 1.06. The number of nitrogens with zero attached hydrogens (tertiary/aromatic N) is 2. The molecule has 29 heavy (non-hydrogen) atoms. The largest absolute Gasteiger partial charge is 0.356 e. The van der Waals surface area contributed by atoms with E-state index in [1.165, 1.54) is 0 Å². The first-order valence-electron chi connectivity index (χ1n) is 10.4. The third-order valence-corrected chi connectivity index (χ3v) is 6.18. The predicted molar refractivity (Wildman–Crippen MR) is 113 cm³/mol. The molecule has 5 nitrogen and oxygen atoms in total. The second kappa shape index (κ2) is 9.03. The summed E-state index contributed by atoms with van der Waals surface area (Å²) < 4.78 is 0. The van der Waals surface area contributed by atoms with E-state index in [0.29, 0.717) is 19.0 Å². The number of hydrogen-bond donors (Lipinski definition) is 1. The van der Waals surface area contributed by atoms with Crippen LogP contribution in [-0.4, -0.2) is 41.3 Å². The third kappa shape index (κ3) is 4.73. The van der Waals surface area contributed by atoms with Gasteiger partial charge in [-0.1, -0.05) is 36.4 Å². The van der Waals surface area contributed by atoms with Gasteiger partial charge in [0.2, 0.25) is 11.8 Å². The first-order valence-corrected chi connectivity index (χ1v) is 10.4. The van der Waals surface area contributed by atoms with E-state index in [1.54, 1.807) is 12.3 Å². The van der Waals surface area contributed by atoms with Crippen LogP contribution in [0, 0.1) is 17.8 Å². The summed E-state index contributed by atoms with van der Waals surface area (Å²) in [4.78, 5) is 31.2. The minimum atomic E-state index is 0.0302. The minimum absolute atomic E-state index is 0.0302. The van der Waals surface area contributed by atoms with Crippen LogP contribution in [0.15, 0.2) is 60.9 Å². The second-order valence-corrected chi connectivity index (χ2v) is 7.99. The average molecular weight is 389 g/mol. The predicted octanol–water partition coefficient (Wildman–Crippen LogP) is 2.94. The molecule has 0 unspecified atom stereocenters. The zero-order valence-corrected chi connectivity index (χ0v) is 16.5. The Morgan fingerprint density at radius 1 is 1.17 bits per heavy atom. The number of fused-ring (bicyclic) bond motifs is 1. The second-order valence-electron chi connectivity index (χ2n) is 7.99. The molecule has 2 fully saturated rings. The fourth-order valence-electron chi connectivity index (χ4n) is 4.43. The van der Waals surface area contributed by atoms with Crippen molar-refractivity contribution in [2.24, 2.45) is 17.8 Å². The Morgan fingerprint density at radius 2 is 2.03 bits per heavy atom. The van der Waals surface area contributed by atoms with E-state index in [-0.39, 0.29) is 23.7 Å². The average Bonchev–Trinajstić information content (AvgIpc) is 2.74. The number of likely N-dealkylation sites (tertiary alicyclic amines) is 1. The summed E-state index contributed by atoms with van der Waals surface area (Å²) in [5, 5.41) is 3.07. The van der Waals surface area contributed by atoms with Gasteiger partial charge in [-0.2, -0.15) is 0 Å². The lowest BCUT2D eigenvalue weighted by molar-refractivity contribution is -0.142. The molecule has 2 heterocycles. The molecule has 5 heteroatoms. The lowest BCUT2D eigenvalue weighted by Crippen LogP contribution is -2.56. The van der Waals surface area contributed by atoms with Crippen molar-refractivity contribution in [2.75, 3.05) is 19.6 Å². The number of rotatable bonds is 6. The van der Waals surface area contributed by atoms with Crippen molar-refractivity contribution in [2.45, 2.75) is 19.3 Å². The van der Waals surface area contributed by atoms with Crippen molar-refractivity contribution >= 4 is 17.9 Å². The van der Waals surface area contributed by atoms with Crippen LogP contribution >= 0.6 is 0 Å². The van der Waals surface area contributed by atoms with Crippen LogP contribution in [0.3, 0.4) is 0 Å². The first-order chi connectivity index (χ1) is 14.2. The maximum atomic E-state index is 12.6. The summed E-state index contributed by atoms with van der Waals surface area (Å²) >= 11 is 0. The van der Waals surface area contributed by atoms with Crippen molar-refractivity contribution in [1.29, 1.82) is 0 Å². The molecular formula is C24H27N3O2. The molecule has 0 radical (unpaired) electrons. The molecule has 150 valence electrons. The van der Waals surface area contributed by atoms with Crippen molar-refractivity contribution in [3.63, 3.8) is 0 Å². The lowest BCUT2D eigenvalue weighted by Gasteiger charge is -2.50. The highest BCUT2D eigenvalue weighted by Gasteiger charge is 2.47. The summed E-state index contributed by atoms with van der Waals surface area (Å²) in [7, 11) is 0. The Balaban J connectivity index is 1.26. The SMILES string of the molecule is O=C(NCCc1cccnc1)[C@@H]1C[C@H]2CCN(C(=O)C=Cc3ccccc3)C[C@H]21. The standard InChI is InChI=1S/C24H27N3O2/c28-23(9-8-18-5-2-1-3-6-18)27-14-11-20-15-21(22(20)17-27)24(29)26-13-10-19-7-4-12-25-16-19/h1-9,12,16,20-22H,10-11,13-15,17H2,(H,26,29)/t20-,21-,22-/m1/s1. The molecule has 1 N–H and O–H groups in total. The van der Waals surface area contributed by atoms with Crippen LogP contribution in [-0.2, 0) is 16.0 Å². The Bertz CT molecular complexity index is 866. The van der Waals surface area contributed by atoms with E-state index < -0.39 is 0 Å². The zero-order valence-electron chi connectivity index (χ0n) is 16.5. The topological polar surface area (TPSA) is 62.3 Å². The maximum Gasteiger partial charge on any atom is 0.246 e. The lowest BCUT2D eigenvalue weighted by atomic mass is 9.61. The minimum Gasteiger partial charge on any atom is -0.356 e. The van der Waals surface area contributed by atoms with Crippen molar-refractivity contribution in [3.8, 4) is 0 Å². The molecule has 3 atom stereocenters. The molecular weight excluding hydrogens is 362 g/mol. The smallest absolute Gasteiger partial charge is 0.246 e. The number of aromatic nitrogens is 1.